The summed E-state index contributed by atoms with van der Waals surface area (Å²) in [4.78, 5) is 13.6. The topological polar surface area (TPSA) is 42.7 Å². The summed E-state index contributed by atoms with van der Waals surface area (Å²) in [5.74, 6) is 1.44. The fraction of sp³-hybridized carbons (Fsp3) is 0.667. The van der Waals surface area contributed by atoms with Gasteiger partial charge in [-0.3, -0.25) is 4.79 Å². The van der Waals surface area contributed by atoms with Crippen LogP contribution in [0.5, 0.6) is 0 Å². The van der Waals surface area contributed by atoms with Crippen molar-refractivity contribution in [2.45, 2.75) is 45.8 Å². The summed E-state index contributed by atoms with van der Waals surface area (Å²) in [6, 6.07) is 3.76. The molecule has 19 heavy (non-hydrogen) atoms. The monoisotopic (exact) mass is 265 g/mol. The van der Waals surface area contributed by atoms with Crippen LogP contribution in [0.25, 0.3) is 0 Å². The number of hydrogen-bond donors (Lipinski definition) is 0. The molecule has 0 N–H and O–H groups in total. The van der Waals surface area contributed by atoms with Crippen LogP contribution in [0.4, 0.5) is 0 Å². The minimum Gasteiger partial charge on any atom is -0.467 e. The minimum atomic E-state index is -0.0734. The summed E-state index contributed by atoms with van der Waals surface area (Å²) in [7, 11) is 0. The lowest BCUT2D eigenvalue weighted by atomic mass is 9.88. The van der Waals surface area contributed by atoms with Crippen molar-refractivity contribution in [2.75, 3.05) is 13.2 Å². The van der Waals surface area contributed by atoms with Gasteiger partial charge in [0.25, 0.3) is 0 Å². The fourth-order valence-electron chi connectivity index (χ4n) is 2.72. The molecule has 1 atom stereocenters. The quantitative estimate of drug-likeness (QED) is 0.840. The summed E-state index contributed by atoms with van der Waals surface area (Å²) >= 11 is 0. The lowest BCUT2D eigenvalue weighted by Gasteiger charge is -2.37. The van der Waals surface area contributed by atoms with Crippen molar-refractivity contribution in [3.8, 4) is 0 Å². The zero-order valence-corrected chi connectivity index (χ0v) is 12.0. The maximum atomic E-state index is 11.8. The summed E-state index contributed by atoms with van der Waals surface area (Å²) in [6.07, 6.45) is 3.66. The van der Waals surface area contributed by atoms with E-state index in [1.807, 2.05) is 17.0 Å². The minimum absolute atomic E-state index is 0.0734. The molecule has 0 radical (unpaired) electrons. The molecule has 0 aromatic carbocycles. The Morgan fingerprint density at radius 2 is 2.32 bits per heavy atom. The van der Waals surface area contributed by atoms with E-state index in [0.717, 1.165) is 31.8 Å². The molecule has 1 saturated heterocycles. The number of nitrogens with zero attached hydrogens (tertiary/aromatic N) is 1. The molecule has 106 valence electrons. The molecular formula is C15H23NO3. The first-order chi connectivity index (χ1) is 8.96. The molecule has 0 aliphatic carbocycles. The molecule has 4 heteroatoms. The highest BCUT2D eigenvalue weighted by Crippen LogP contribution is 2.29. The molecule has 0 bridgehead atoms. The normalized spacial score (nSPS) is 22.2. The molecule has 1 fully saturated rings. The lowest BCUT2D eigenvalue weighted by molar-refractivity contribution is -0.132. The van der Waals surface area contributed by atoms with Crippen molar-refractivity contribution in [2.24, 2.45) is 5.92 Å². The van der Waals surface area contributed by atoms with Crippen molar-refractivity contribution >= 4 is 5.91 Å². The molecule has 1 aromatic heterocycles. The number of amides is 1. The Bertz CT molecular complexity index is 411. The Labute approximate surface area is 114 Å². The summed E-state index contributed by atoms with van der Waals surface area (Å²) < 4.78 is 11.0. The summed E-state index contributed by atoms with van der Waals surface area (Å²) in [6.45, 7) is 7.97. The first kappa shape index (κ1) is 14.1. The van der Waals surface area contributed by atoms with Crippen LogP contribution >= 0.6 is 0 Å². The van der Waals surface area contributed by atoms with Crippen LogP contribution in [0.1, 0.15) is 39.4 Å². The van der Waals surface area contributed by atoms with Gasteiger partial charge in [-0.15, -0.1) is 0 Å². The van der Waals surface area contributed by atoms with Crippen LogP contribution in [0.3, 0.4) is 0 Å². The highest BCUT2D eigenvalue weighted by atomic mass is 16.5. The number of ether oxygens (including phenoxy) is 1. The molecule has 0 spiro atoms. The van der Waals surface area contributed by atoms with Crippen LogP contribution in [0, 0.1) is 5.92 Å². The Hall–Kier alpha value is -1.29. The molecule has 2 heterocycles. The van der Waals surface area contributed by atoms with Gasteiger partial charge >= 0.3 is 0 Å². The highest BCUT2D eigenvalue weighted by molar-refractivity contribution is 5.73. The van der Waals surface area contributed by atoms with E-state index in [4.69, 9.17) is 9.15 Å². The first-order valence-corrected chi connectivity index (χ1v) is 6.88. The fourth-order valence-corrected chi connectivity index (χ4v) is 2.72. The van der Waals surface area contributed by atoms with Gasteiger partial charge in [-0.25, -0.2) is 0 Å². The second kappa shape index (κ2) is 5.78. The maximum Gasteiger partial charge on any atom is 0.219 e. The van der Waals surface area contributed by atoms with E-state index in [-0.39, 0.29) is 11.5 Å². The average Bonchev–Trinajstić information content (AvgIpc) is 2.79. The zero-order valence-electron chi connectivity index (χ0n) is 12.0. The van der Waals surface area contributed by atoms with E-state index in [1.54, 1.807) is 13.2 Å². The molecule has 1 aromatic rings. The lowest BCUT2D eigenvalue weighted by Crippen LogP contribution is -2.40. The second-order valence-corrected chi connectivity index (χ2v) is 5.95. The van der Waals surface area contributed by atoms with E-state index in [1.165, 1.54) is 0 Å². The van der Waals surface area contributed by atoms with E-state index < -0.39 is 0 Å². The Balaban J connectivity index is 1.95. The Kier molecular flexibility index (Phi) is 4.30. The van der Waals surface area contributed by atoms with Crippen molar-refractivity contribution in [3.05, 3.63) is 24.2 Å². The van der Waals surface area contributed by atoms with Crippen LogP contribution in [-0.4, -0.2) is 29.6 Å². The van der Waals surface area contributed by atoms with Gasteiger partial charge in [-0.1, -0.05) is 0 Å². The third kappa shape index (κ3) is 4.10. The van der Waals surface area contributed by atoms with Crippen molar-refractivity contribution in [1.82, 2.24) is 4.90 Å². The summed E-state index contributed by atoms with van der Waals surface area (Å²) in [5.41, 5.74) is -0.0734. The SMILES string of the molecule is CC(=O)N(Cc1ccco1)C[C@@H]1CCOC(C)(C)C1. The molecule has 4 nitrogen and oxygen atoms in total. The Morgan fingerprint density at radius 1 is 1.53 bits per heavy atom. The number of carbonyl (C=O) groups is 1. The number of rotatable bonds is 4. The van der Waals surface area contributed by atoms with Gasteiger partial charge in [0.05, 0.1) is 18.4 Å². The van der Waals surface area contributed by atoms with Crippen LogP contribution in [-0.2, 0) is 16.1 Å². The van der Waals surface area contributed by atoms with E-state index in [9.17, 15) is 4.79 Å². The van der Waals surface area contributed by atoms with Crippen LogP contribution < -0.4 is 0 Å². The average molecular weight is 265 g/mol. The maximum absolute atomic E-state index is 11.8. The van der Waals surface area contributed by atoms with Gasteiger partial charge in [-0.05, 0) is 44.7 Å². The molecule has 0 unspecified atom stereocenters. The predicted octanol–water partition coefficient (Wildman–Crippen LogP) is 2.83. The van der Waals surface area contributed by atoms with Gasteiger partial charge in [0.15, 0.2) is 0 Å². The summed E-state index contributed by atoms with van der Waals surface area (Å²) in [5, 5.41) is 0. The molecule has 1 aliphatic rings. The molecule has 1 aliphatic heterocycles. The van der Waals surface area contributed by atoms with Crippen molar-refractivity contribution in [1.29, 1.82) is 0 Å². The van der Waals surface area contributed by atoms with Crippen LogP contribution in [0.2, 0.25) is 0 Å². The predicted molar refractivity (Wildman–Crippen MR) is 72.6 cm³/mol. The van der Waals surface area contributed by atoms with E-state index in [0.29, 0.717) is 12.5 Å². The third-order valence-electron chi connectivity index (χ3n) is 3.65. The van der Waals surface area contributed by atoms with Gasteiger partial charge in [-0.2, -0.15) is 0 Å². The number of hydrogen-bond acceptors (Lipinski definition) is 3. The standard InChI is InChI=1S/C15H23NO3/c1-12(17)16(11-14-5-4-7-18-14)10-13-6-8-19-15(2,3)9-13/h4-5,7,13H,6,8-11H2,1-3H3/t13-/m1/s1. The largest absolute Gasteiger partial charge is 0.467 e. The van der Waals surface area contributed by atoms with Crippen molar-refractivity contribution in [3.63, 3.8) is 0 Å². The highest BCUT2D eigenvalue weighted by Gasteiger charge is 2.30. The smallest absolute Gasteiger partial charge is 0.219 e. The third-order valence-corrected chi connectivity index (χ3v) is 3.65. The van der Waals surface area contributed by atoms with Crippen molar-refractivity contribution < 1.29 is 13.9 Å². The van der Waals surface area contributed by atoms with Crippen LogP contribution in [0.15, 0.2) is 22.8 Å². The second-order valence-electron chi connectivity index (χ2n) is 5.95. The number of carbonyl (C=O) groups excluding carboxylic acids is 1. The van der Waals surface area contributed by atoms with E-state index in [2.05, 4.69) is 13.8 Å². The van der Waals surface area contributed by atoms with Gasteiger partial charge in [0, 0.05) is 20.1 Å². The molecular weight excluding hydrogens is 242 g/mol. The van der Waals surface area contributed by atoms with Gasteiger partial charge in [0.2, 0.25) is 5.91 Å². The van der Waals surface area contributed by atoms with Gasteiger partial charge < -0.3 is 14.1 Å². The molecule has 0 saturated carbocycles. The number of furan rings is 1. The Morgan fingerprint density at radius 3 is 2.89 bits per heavy atom. The van der Waals surface area contributed by atoms with Gasteiger partial charge in [0.1, 0.15) is 5.76 Å². The zero-order chi connectivity index (χ0) is 13.9. The first-order valence-electron chi connectivity index (χ1n) is 6.88. The molecule has 2 rings (SSSR count). The van der Waals surface area contributed by atoms with E-state index >= 15 is 0 Å². The molecule has 1 amide bonds.